The summed E-state index contributed by atoms with van der Waals surface area (Å²) in [6.45, 7) is 7.42. The zero-order valence-electron chi connectivity index (χ0n) is 14.0. The van der Waals surface area contributed by atoms with Crippen LogP contribution in [0.2, 0.25) is 0 Å². The van der Waals surface area contributed by atoms with Crippen molar-refractivity contribution in [2.24, 2.45) is 0 Å². The van der Waals surface area contributed by atoms with Gasteiger partial charge in [0.15, 0.2) is 5.65 Å². The Kier molecular flexibility index (Phi) is 4.00. The molecule has 1 aliphatic rings. The molecule has 6 nitrogen and oxygen atoms in total. The maximum Gasteiger partial charge on any atom is 0.159 e. The van der Waals surface area contributed by atoms with Crippen LogP contribution in [0.1, 0.15) is 28.6 Å². The lowest BCUT2D eigenvalue weighted by molar-refractivity contribution is -0.0329. The second-order valence-corrected chi connectivity index (χ2v) is 6.33. The Morgan fingerprint density at radius 1 is 1.29 bits per heavy atom. The van der Waals surface area contributed by atoms with E-state index in [2.05, 4.69) is 39.0 Å². The maximum atomic E-state index is 5.92. The van der Waals surface area contributed by atoms with Gasteiger partial charge in [-0.1, -0.05) is 6.07 Å². The van der Waals surface area contributed by atoms with Crippen molar-refractivity contribution in [2.45, 2.75) is 26.5 Å². The standard InChI is InChI=1S/C18H21N5O/c1-13-8-14(2)23-18(21-13)16(10-20-23)11-22-6-7-24-17(12-22)15-4-3-5-19-9-15/h3-5,8-10,17H,6-7,11-12H2,1-2H3/t17-/m1/s1. The van der Waals surface area contributed by atoms with Crippen molar-refractivity contribution in [2.75, 3.05) is 19.7 Å². The number of hydrogen-bond donors (Lipinski definition) is 0. The Morgan fingerprint density at radius 3 is 3.04 bits per heavy atom. The molecule has 0 aromatic carbocycles. The Balaban J connectivity index is 1.55. The van der Waals surface area contributed by atoms with Gasteiger partial charge in [0.1, 0.15) is 0 Å². The molecule has 1 atom stereocenters. The van der Waals surface area contributed by atoms with Crippen LogP contribution in [0.3, 0.4) is 0 Å². The van der Waals surface area contributed by atoms with Crippen molar-refractivity contribution in [1.82, 2.24) is 24.5 Å². The quantitative estimate of drug-likeness (QED) is 0.740. The van der Waals surface area contributed by atoms with E-state index in [1.165, 1.54) is 0 Å². The number of aromatic nitrogens is 4. The predicted molar refractivity (Wildman–Crippen MR) is 90.7 cm³/mol. The second-order valence-electron chi connectivity index (χ2n) is 6.33. The summed E-state index contributed by atoms with van der Waals surface area (Å²) in [5.41, 5.74) is 5.38. The van der Waals surface area contributed by atoms with Crippen LogP contribution in [0.4, 0.5) is 0 Å². The van der Waals surface area contributed by atoms with Gasteiger partial charge >= 0.3 is 0 Å². The Bertz CT molecular complexity index is 845. The molecule has 0 unspecified atom stereocenters. The third-order valence-corrected chi connectivity index (χ3v) is 4.45. The molecule has 0 amide bonds. The fraction of sp³-hybridized carbons (Fsp3) is 0.389. The highest BCUT2D eigenvalue weighted by atomic mass is 16.5. The van der Waals surface area contributed by atoms with Crippen LogP contribution < -0.4 is 0 Å². The van der Waals surface area contributed by atoms with Crippen molar-refractivity contribution in [3.63, 3.8) is 0 Å². The molecule has 3 aromatic rings. The van der Waals surface area contributed by atoms with E-state index in [0.29, 0.717) is 0 Å². The molecule has 0 N–H and O–H groups in total. The molecule has 1 aliphatic heterocycles. The zero-order valence-corrected chi connectivity index (χ0v) is 14.0. The predicted octanol–water partition coefficient (Wildman–Crippen LogP) is 2.31. The molecule has 1 saturated heterocycles. The van der Waals surface area contributed by atoms with Gasteiger partial charge in [-0.3, -0.25) is 9.88 Å². The number of hydrogen-bond acceptors (Lipinski definition) is 5. The molecule has 4 heterocycles. The van der Waals surface area contributed by atoms with Gasteiger partial charge in [0.25, 0.3) is 0 Å². The summed E-state index contributed by atoms with van der Waals surface area (Å²) in [5, 5.41) is 4.49. The van der Waals surface area contributed by atoms with Crippen LogP contribution in [-0.2, 0) is 11.3 Å². The smallest absolute Gasteiger partial charge is 0.159 e. The fourth-order valence-electron chi connectivity index (χ4n) is 3.28. The number of fused-ring (bicyclic) bond motifs is 1. The normalized spacial score (nSPS) is 19.0. The monoisotopic (exact) mass is 323 g/mol. The number of rotatable bonds is 3. The van der Waals surface area contributed by atoms with E-state index >= 15 is 0 Å². The van der Waals surface area contributed by atoms with Crippen LogP contribution in [0, 0.1) is 13.8 Å². The third-order valence-electron chi connectivity index (χ3n) is 4.45. The zero-order chi connectivity index (χ0) is 16.5. The van der Waals surface area contributed by atoms with Crippen molar-refractivity contribution < 1.29 is 4.74 Å². The third kappa shape index (κ3) is 2.90. The van der Waals surface area contributed by atoms with Gasteiger partial charge in [0, 0.05) is 54.5 Å². The molecule has 24 heavy (non-hydrogen) atoms. The van der Waals surface area contributed by atoms with Gasteiger partial charge in [-0.15, -0.1) is 0 Å². The van der Waals surface area contributed by atoms with Crippen LogP contribution >= 0.6 is 0 Å². The lowest BCUT2D eigenvalue weighted by Gasteiger charge is -2.32. The van der Waals surface area contributed by atoms with Gasteiger partial charge in [-0.25, -0.2) is 9.50 Å². The summed E-state index contributed by atoms with van der Waals surface area (Å²) in [4.78, 5) is 11.3. The Hall–Kier alpha value is -2.31. The summed E-state index contributed by atoms with van der Waals surface area (Å²) in [7, 11) is 0. The van der Waals surface area contributed by atoms with E-state index in [4.69, 9.17) is 4.74 Å². The number of aryl methyl sites for hydroxylation is 2. The van der Waals surface area contributed by atoms with E-state index in [1.807, 2.05) is 29.9 Å². The highest BCUT2D eigenvalue weighted by molar-refractivity contribution is 5.47. The summed E-state index contributed by atoms with van der Waals surface area (Å²) in [5.74, 6) is 0. The molecule has 3 aromatic heterocycles. The molecular weight excluding hydrogens is 302 g/mol. The first kappa shape index (κ1) is 15.2. The average molecular weight is 323 g/mol. The number of ether oxygens (including phenoxy) is 1. The van der Waals surface area contributed by atoms with Crippen molar-refractivity contribution in [3.05, 3.63) is 59.3 Å². The molecule has 6 heteroatoms. The lowest BCUT2D eigenvalue weighted by Crippen LogP contribution is -2.37. The van der Waals surface area contributed by atoms with Gasteiger partial charge < -0.3 is 4.74 Å². The minimum Gasteiger partial charge on any atom is -0.371 e. The topological polar surface area (TPSA) is 55.5 Å². The molecule has 1 fully saturated rings. The van der Waals surface area contributed by atoms with Crippen LogP contribution in [0.15, 0.2) is 36.8 Å². The first-order chi connectivity index (χ1) is 11.7. The van der Waals surface area contributed by atoms with Gasteiger partial charge in [0.2, 0.25) is 0 Å². The Labute approximate surface area is 141 Å². The van der Waals surface area contributed by atoms with Gasteiger partial charge in [-0.05, 0) is 26.0 Å². The molecule has 124 valence electrons. The van der Waals surface area contributed by atoms with E-state index in [0.717, 1.165) is 54.4 Å². The number of pyridine rings is 1. The summed E-state index contributed by atoms with van der Waals surface area (Å²) < 4.78 is 7.84. The van der Waals surface area contributed by atoms with Crippen molar-refractivity contribution in [3.8, 4) is 0 Å². The highest BCUT2D eigenvalue weighted by Gasteiger charge is 2.23. The average Bonchev–Trinajstić information content (AvgIpc) is 2.99. The number of nitrogens with zero attached hydrogens (tertiary/aromatic N) is 5. The molecule has 0 saturated carbocycles. The van der Waals surface area contributed by atoms with E-state index < -0.39 is 0 Å². The summed E-state index contributed by atoms with van der Waals surface area (Å²) in [6.07, 6.45) is 5.69. The van der Waals surface area contributed by atoms with Crippen LogP contribution in [0.25, 0.3) is 5.65 Å². The molecule has 4 rings (SSSR count). The van der Waals surface area contributed by atoms with Gasteiger partial charge in [-0.2, -0.15) is 5.10 Å². The Morgan fingerprint density at radius 2 is 2.21 bits per heavy atom. The van der Waals surface area contributed by atoms with Gasteiger partial charge in [0.05, 0.1) is 18.9 Å². The molecule has 0 spiro atoms. The summed E-state index contributed by atoms with van der Waals surface area (Å²) >= 11 is 0. The maximum absolute atomic E-state index is 5.92. The van der Waals surface area contributed by atoms with E-state index in [9.17, 15) is 0 Å². The van der Waals surface area contributed by atoms with E-state index in [-0.39, 0.29) is 6.10 Å². The van der Waals surface area contributed by atoms with Crippen LogP contribution in [0.5, 0.6) is 0 Å². The minimum atomic E-state index is 0.0747. The minimum absolute atomic E-state index is 0.0747. The molecule has 0 bridgehead atoms. The van der Waals surface area contributed by atoms with Crippen molar-refractivity contribution in [1.29, 1.82) is 0 Å². The van der Waals surface area contributed by atoms with E-state index in [1.54, 1.807) is 6.20 Å². The largest absolute Gasteiger partial charge is 0.371 e. The summed E-state index contributed by atoms with van der Waals surface area (Å²) in [6, 6.07) is 6.08. The fourth-order valence-corrected chi connectivity index (χ4v) is 3.28. The lowest BCUT2D eigenvalue weighted by atomic mass is 10.1. The SMILES string of the molecule is Cc1cc(C)n2ncc(CN3CCO[C@@H](c4cccnc4)C3)c2n1. The first-order valence-electron chi connectivity index (χ1n) is 8.25. The van der Waals surface area contributed by atoms with Crippen molar-refractivity contribution >= 4 is 5.65 Å². The molecule has 0 aliphatic carbocycles. The number of morpholine rings is 1. The second kappa shape index (κ2) is 6.30. The highest BCUT2D eigenvalue weighted by Crippen LogP contribution is 2.23. The first-order valence-corrected chi connectivity index (χ1v) is 8.25. The van der Waals surface area contributed by atoms with Crippen LogP contribution in [-0.4, -0.2) is 44.2 Å². The molecule has 0 radical (unpaired) electrons. The molecular formula is C18H21N5O.